The largest absolute Gasteiger partial charge is 0.371 e. The molecule has 2 aliphatic heterocycles. The minimum absolute atomic E-state index is 0.271. The molecule has 2 saturated heterocycles. The highest BCUT2D eigenvalue weighted by atomic mass is 16.2. The molecule has 0 aromatic heterocycles. The Hall–Kier alpha value is -1.51. The topological polar surface area (TPSA) is 23.6 Å². The molecule has 0 radical (unpaired) electrons. The lowest BCUT2D eigenvalue weighted by Crippen LogP contribution is -2.38. The van der Waals surface area contributed by atoms with Crippen LogP contribution in [0.15, 0.2) is 18.2 Å². The average Bonchev–Trinajstić information content (AvgIpc) is 3.23. The average molecular weight is 284 g/mol. The van der Waals surface area contributed by atoms with Gasteiger partial charge in [-0.05, 0) is 57.1 Å². The Morgan fingerprint density at radius 2 is 2.00 bits per heavy atom. The lowest BCUT2D eigenvalue weighted by Gasteiger charge is -2.29. The summed E-state index contributed by atoms with van der Waals surface area (Å²) < 4.78 is 0. The highest BCUT2D eigenvalue weighted by Gasteiger charge is 2.41. The number of carbonyl (C=O) groups is 1. The molecule has 2 heterocycles. The summed E-state index contributed by atoms with van der Waals surface area (Å²) in [5, 5.41) is 0. The van der Waals surface area contributed by atoms with Crippen molar-refractivity contribution in [1.82, 2.24) is 4.90 Å². The minimum atomic E-state index is 0.271. The number of rotatable bonds is 2. The minimum Gasteiger partial charge on any atom is -0.371 e. The van der Waals surface area contributed by atoms with E-state index in [9.17, 15) is 4.79 Å². The van der Waals surface area contributed by atoms with Crippen molar-refractivity contribution in [3.63, 3.8) is 0 Å². The molecular formula is C18H24N2O. The number of benzene rings is 1. The van der Waals surface area contributed by atoms with Gasteiger partial charge in [-0.25, -0.2) is 0 Å². The first kappa shape index (κ1) is 13.2. The summed E-state index contributed by atoms with van der Waals surface area (Å²) >= 11 is 0. The molecule has 3 fully saturated rings. The molecular weight excluding hydrogens is 260 g/mol. The van der Waals surface area contributed by atoms with Crippen molar-refractivity contribution in [2.45, 2.75) is 45.1 Å². The molecule has 112 valence electrons. The third-order valence-electron chi connectivity index (χ3n) is 5.50. The van der Waals surface area contributed by atoms with E-state index in [1.54, 1.807) is 0 Å². The molecule has 2 bridgehead atoms. The number of anilines is 1. The maximum absolute atomic E-state index is 13.1. The summed E-state index contributed by atoms with van der Waals surface area (Å²) in [6.45, 7) is 5.25. The molecule has 2 atom stereocenters. The molecule has 3 heteroatoms. The Balaban J connectivity index is 1.66. The molecule has 1 aliphatic carbocycles. The summed E-state index contributed by atoms with van der Waals surface area (Å²) in [5.74, 6) is 1.03. The van der Waals surface area contributed by atoms with Crippen LogP contribution in [0.3, 0.4) is 0 Å². The van der Waals surface area contributed by atoms with Gasteiger partial charge in [0.15, 0.2) is 0 Å². The quantitative estimate of drug-likeness (QED) is 0.832. The summed E-state index contributed by atoms with van der Waals surface area (Å²) in [6.07, 6.45) is 6.25. The predicted octanol–water partition coefficient (Wildman–Crippen LogP) is 3.22. The molecule has 1 saturated carbocycles. The maximum Gasteiger partial charge on any atom is 0.256 e. The summed E-state index contributed by atoms with van der Waals surface area (Å²) in [7, 11) is 0. The van der Waals surface area contributed by atoms with Crippen molar-refractivity contribution >= 4 is 11.6 Å². The van der Waals surface area contributed by atoms with Crippen LogP contribution in [-0.4, -0.2) is 36.5 Å². The van der Waals surface area contributed by atoms with Crippen LogP contribution in [-0.2, 0) is 0 Å². The van der Waals surface area contributed by atoms with Gasteiger partial charge in [-0.1, -0.05) is 11.6 Å². The van der Waals surface area contributed by atoms with Crippen molar-refractivity contribution in [1.29, 1.82) is 0 Å². The Bertz CT molecular complexity index is 562. The molecule has 1 amide bonds. The zero-order valence-electron chi connectivity index (χ0n) is 12.8. The van der Waals surface area contributed by atoms with E-state index >= 15 is 0 Å². The zero-order chi connectivity index (χ0) is 14.4. The van der Waals surface area contributed by atoms with Gasteiger partial charge < -0.3 is 9.80 Å². The van der Waals surface area contributed by atoms with Crippen LogP contribution in [0.4, 0.5) is 5.69 Å². The molecule has 1 aromatic carbocycles. The number of nitrogens with zero attached hydrogens (tertiary/aromatic N) is 2. The molecule has 3 aliphatic rings. The van der Waals surface area contributed by atoms with Gasteiger partial charge in [0, 0.05) is 31.4 Å². The van der Waals surface area contributed by atoms with E-state index in [4.69, 9.17) is 0 Å². The van der Waals surface area contributed by atoms with E-state index in [0.717, 1.165) is 36.8 Å². The second kappa shape index (κ2) is 5.04. The van der Waals surface area contributed by atoms with Crippen LogP contribution in [0.5, 0.6) is 0 Å². The van der Waals surface area contributed by atoms with Crippen LogP contribution >= 0.6 is 0 Å². The second-order valence-corrected chi connectivity index (χ2v) is 7.01. The number of amides is 1. The first-order valence-corrected chi connectivity index (χ1v) is 8.39. The van der Waals surface area contributed by atoms with Gasteiger partial charge in [-0.3, -0.25) is 4.79 Å². The number of hydrogen-bond donors (Lipinski definition) is 0. The molecule has 0 spiro atoms. The van der Waals surface area contributed by atoms with Crippen molar-refractivity contribution < 1.29 is 4.79 Å². The molecule has 1 aromatic rings. The van der Waals surface area contributed by atoms with E-state index in [1.165, 1.54) is 37.7 Å². The Morgan fingerprint density at radius 1 is 1.19 bits per heavy atom. The summed E-state index contributed by atoms with van der Waals surface area (Å²) in [6, 6.07) is 6.90. The molecule has 3 nitrogen and oxygen atoms in total. The SMILES string of the molecule is Cc1ccc(N2CCCC2)c(C(=O)N2C[C@H]3CC[C@H]2C3)c1. The van der Waals surface area contributed by atoms with Crippen molar-refractivity contribution in [2.75, 3.05) is 24.5 Å². The van der Waals surface area contributed by atoms with Crippen LogP contribution in [0.1, 0.15) is 48.0 Å². The lowest BCUT2D eigenvalue weighted by atomic mass is 10.0. The fourth-order valence-corrected chi connectivity index (χ4v) is 4.38. The first-order chi connectivity index (χ1) is 10.2. The van der Waals surface area contributed by atoms with Gasteiger partial charge in [0.2, 0.25) is 0 Å². The van der Waals surface area contributed by atoms with E-state index in [1.807, 2.05) is 0 Å². The number of carbonyl (C=O) groups excluding carboxylic acids is 1. The van der Waals surface area contributed by atoms with Crippen LogP contribution in [0, 0.1) is 12.8 Å². The van der Waals surface area contributed by atoms with Gasteiger partial charge in [-0.15, -0.1) is 0 Å². The number of hydrogen-bond acceptors (Lipinski definition) is 2. The van der Waals surface area contributed by atoms with Crippen LogP contribution in [0.2, 0.25) is 0 Å². The number of likely N-dealkylation sites (tertiary alicyclic amines) is 1. The van der Waals surface area contributed by atoms with E-state index in [-0.39, 0.29) is 5.91 Å². The van der Waals surface area contributed by atoms with Gasteiger partial charge in [0.1, 0.15) is 0 Å². The monoisotopic (exact) mass is 284 g/mol. The number of aryl methyl sites for hydroxylation is 1. The van der Waals surface area contributed by atoms with Gasteiger partial charge >= 0.3 is 0 Å². The molecule has 21 heavy (non-hydrogen) atoms. The van der Waals surface area contributed by atoms with E-state index < -0.39 is 0 Å². The van der Waals surface area contributed by atoms with E-state index in [0.29, 0.717) is 6.04 Å². The normalized spacial score (nSPS) is 27.7. The van der Waals surface area contributed by atoms with Crippen molar-refractivity contribution in [3.05, 3.63) is 29.3 Å². The van der Waals surface area contributed by atoms with E-state index in [2.05, 4.69) is 34.9 Å². The molecule has 0 unspecified atom stereocenters. The predicted molar refractivity (Wildman–Crippen MR) is 84.8 cm³/mol. The van der Waals surface area contributed by atoms with Crippen LogP contribution < -0.4 is 4.90 Å². The van der Waals surface area contributed by atoms with Crippen molar-refractivity contribution in [2.24, 2.45) is 5.92 Å². The fourth-order valence-electron chi connectivity index (χ4n) is 4.38. The lowest BCUT2D eigenvalue weighted by molar-refractivity contribution is 0.0704. The summed E-state index contributed by atoms with van der Waals surface area (Å²) in [5.41, 5.74) is 3.28. The smallest absolute Gasteiger partial charge is 0.256 e. The number of fused-ring (bicyclic) bond motifs is 2. The third kappa shape index (κ3) is 2.23. The fraction of sp³-hybridized carbons (Fsp3) is 0.611. The standard InChI is InChI=1S/C18H24N2O/c1-13-4-7-17(19-8-2-3-9-19)16(10-13)18(21)20-12-14-5-6-15(20)11-14/h4,7,10,14-15H,2-3,5-6,8-9,11-12H2,1H3/t14-,15-/m0/s1. The van der Waals surface area contributed by atoms with Gasteiger partial charge in [-0.2, -0.15) is 0 Å². The van der Waals surface area contributed by atoms with Crippen LogP contribution in [0.25, 0.3) is 0 Å². The Labute approximate surface area is 126 Å². The Morgan fingerprint density at radius 3 is 2.67 bits per heavy atom. The highest BCUT2D eigenvalue weighted by Crippen LogP contribution is 2.39. The maximum atomic E-state index is 13.1. The van der Waals surface area contributed by atoms with Gasteiger partial charge in [0.05, 0.1) is 5.56 Å². The van der Waals surface area contributed by atoms with Gasteiger partial charge in [0.25, 0.3) is 5.91 Å². The highest BCUT2D eigenvalue weighted by molar-refractivity contribution is 6.00. The number of piperidine rings is 1. The third-order valence-corrected chi connectivity index (χ3v) is 5.50. The Kier molecular flexibility index (Phi) is 3.16. The molecule has 4 rings (SSSR count). The first-order valence-electron chi connectivity index (χ1n) is 8.39. The summed E-state index contributed by atoms with van der Waals surface area (Å²) in [4.78, 5) is 17.6. The van der Waals surface area contributed by atoms with Crippen molar-refractivity contribution in [3.8, 4) is 0 Å². The second-order valence-electron chi connectivity index (χ2n) is 7.01. The zero-order valence-corrected chi connectivity index (χ0v) is 12.8. The molecule has 0 N–H and O–H groups in total.